The predicted octanol–water partition coefficient (Wildman–Crippen LogP) is 4.08. The van der Waals surface area contributed by atoms with E-state index in [1.54, 1.807) is 5.57 Å². The van der Waals surface area contributed by atoms with Gasteiger partial charge in [0.25, 0.3) is 0 Å². The Bertz CT molecular complexity index is 785. The quantitative estimate of drug-likeness (QED) is 0.530. The van der Waals surface area contributed by atoms with Gasteiger partial charge in [-0.2, -0.15) is 0 Å². The van der Waals surface area contributed by atoms with Crippen LogP contribution in [0.25, 0.3) is 0 Å². The van der Waals surface area contributed by atoms with Gasteiger partial charge >= 0.3 is 0 Å². The summed E-state index contributed by atoms with van der Waals surface area (Å²) in [4.78, 5) is 0. The van der Waals surface area contributed by atoms with E-state index in [2.05, 4.69) is 100 Å². The SMILES string of the molecule is CCC1(C)C=C2CC3(NN1)C(C)CC(NN(C)C)C3(c1ccc(C)cc1)CC2C. The molecule has 1 aliphatic heterocycles. The second-order valence-electron chi connectivity index (χ2n) is 10.5. The molecule has 160 valence electrons. The molecule has 1 aromatic rings. The molecule has 1 heterocycles. The molecule has 3 aliphatic rings. The van der Waals surface area contributed by atoms with E-state index in [4.69, 9.17) is 0 Å². The highest BCUT2D eigenvalue weighted by Gasteiger charge is 2.67. The van der Waals surface area contributed by atoms with Gasteiger partial charge in [-0.15, -0.1) is 0 Å². The molecule has 1 spiro atoms. The predicted molar refractivity (Wildman–Crippen MR) is 121 cm³/mol. The molecule has 0 amide bonds. The maximum Gasteiger partial charge on any atom is 0.0499 e. The monoisotopic (exact) mass is 396 g/mol. The lowest BCUT2D eigenvalue weighted by atomic mass is 9.53. The molecule has 4 heteroatoms. The summed E-state index contributed by atoms with van der Waals surface area (Å²) < 4.78 is 0. The van der Waals surface area contributed by atoms with Gasteiger partial charge in [0.05, 0.1) is 0 Å². The van der Waals surface area contributed by atoms with E-state index in [9.17, 15) is 0 Å². The molecule has 1 aromatic carbocycles. The van der Waals surface area contributed by atoms with Crippen LogP contribution in [0.2, 0.25) is 0 Å². The molecule has 6 unspecified atom stereocenters. The lowest BCUT2D eigenvalue weighted by molar-refractivity contribution is 0.0595. The van der Waals surface area contributed by atoms with E-state index < -0.39 is 0 Å². The standard InChI is InChI=1S/C25H40N4/c1-8-23(5)15-20-16-25(28-27-23)19(4)13-22(26-29(6)7)24(25,14-18(20)3)21-11-9-17(2)10-12-21/h9-12,15,18-19,22,26-28H,8,13-14,16H2,1-7H3. The van der Waals surface area contributed by atoms with Crippen LogP contribution < -0.4 is 16.3 Å². The van der Waals surface area contributed by atoms with Crippen LogP contribution in [0.4, 0.5) is 0 Å². The van der Waals surface area contributed by atoms with E-state index in [1.807, 2.05) is 0 Å². The van der Waals surface area contributed by atoms with Crippen LogP contribution in [0.1, 0.15) is 64.5 Å². The zero-order valence-corrected chi connectivity index (χ0v) is 19.4. The maximum atomic E-state index is 4.00. The fraction of sp³-hybridized carbons (Fsp3) is 0.680. The van der Waals surface area contributed by atoms with Gasteiger partial charge < -0.3 is 0 Å². The Morgan fingerprint density at radius 2 is 1.83 bits per heavy atom. The number of hydrogen-bond donors (Lipinski definition) is 3. The van der Waals surface area contributed by atoms with E-state index in [0.29, 0.717) is 17.9 Å². The Kier molecular flexibility index (Phi) is 5.22. The third kappa shape index (κ3) is 3.11. The van der Waals surface area contributed by atoms with Crippen molar-refractivity contribution in [2.75, 3.05) is 14.1 Å². The fourth-order valence-corrected chi connectivity index (χ4v) is 6.54. The average molecular weight is 397 g/mol. The first kappa shape index (κ1) is 21.0. The topological polar surface area (TPSA) is 39.3 Å². The molecule has 2 saturated carbocycles. The fourth-order valence-electron chi connectivity index (χ4n) is 6.54. The van der Waals surface area contributed by atoms with Crippen molar-refractivity contribution in [3.63, 3.8) is 0 Å². The average Bonchev–Trinajstić information content (AvgIpc) is 2.80. The van der Waals surface area contributed by atoms with Crippen molar-refractivity contribution in [3.05, 3.63) is 47.0 Å². The summed E-state index contributed by atoms with van der Waals surface area (Å²) in [5, 5.41) is 2.16. The van der Waals surface area contributed by atoms with Crippen molar-refractivity contribution in [2.45, 2.75) is 82.8 Å². The van der Waals surface area contributed by atoms with Crippen molar-refractivity contribution in [1.82, 2.24) is 21.3 Å². The van der Waals surface area contributed by atoms with Gasteiger partial charge in [0, 0.05) is 36.6 Å². The highest BCUT2D eigenvalue weighted by Crippen LogP contribution is 2.61. The molecular weight excluding hydrogens is 356 g/mol. The summed E-state index contributed by atoms with van der Waals surface area (Å²) in [5.74, 6) is 1.14. The van der Waals surface area contributed by atoms with Gasteiger partial charge in [0.15, 0.2) is 0 Å². The van der Waals surface area contributed by atoms with Crippen molar-refractivity contribution in [2.24, 2.45) is 11.8 Å². The number of fused-ring (bicyclic) bond motifs is 1. The van der Waals surface area contributed by atoms with Gasteiger partial charge in [-0.05, 0) is 56.9 Å². The minimum Gasteiger partial charge on any atom is -0.252 e. The summed E-state index contributed by atoms with van der Waals surface area (Å²) in [7, 11) is 4.26. The molecule has 4 nitrogen and oxygen atoms in total. The smallest absolute Gasteiger partial charge is 0.0499 e. The molecule has 0 radical (unpaired) electrons. The van der Waals surface area contributed by atoms with Crippen LogP contribution in [0, 0.1) is 18.8 Å². The van der Waals surface area contributed by atoms with Crippen LogP contribution in [0.3, 0.4) is 0 Å². The van der Waals surface area contributed by atoms with Crippen molar-refractivity contribution in [3.8, 4) is 0 Å². The Morgan fingerprint density at radius 3 is 2.45 bits per heavy atom. The maximum absolute atomic E-state index is 4.00. The number of aryl methyl sites for hydroxylation is 1. The molecule has 2 aliphatic carbocycles. The minimum atomic E-state index is 0.00120. The Labute approximate surface area is 177 Å². The molecule has 2 bridgehead atoms. The number of hydrazine groups is 2. The van der Waals surface area contributed by atoms with E-state index in [1.165, 1.54) is 24.0 Å². The van der Waals surface area contributed by atoms with Gasteiger partial charge in [-0.25, -0.2) is 10.9 Å². The Balaban J connectivity index is 1.91. The second-order valence-corrected chi connectivity index (χ2v) is 10.5. The summed E-state index contributed by atoms with van der Waals surface area (Å²) in [6.45, 7) is 11.7. The first-order valence-corrected chi connectivity index (χ1v) is 11.4. The third-order valence-electron chi connectivity index (χ3n) is 8.36. The lowest BCUT2D eigenvalue weighted by Gasteiger charge is -2.56. The van der Waals surface area contributed by atoms with Crippen molar-refractivity contribution in [1.29, 1.82) is 0 Å². The number of benzene rings is 1. The van der Waals surface area contributed by atoms with Crippen LogP contribution in [0.15, 0.2) is 35.9 Å². The summed E-state index contributed by atoms with van der Waals surface area (Å²) in [6.07, 6.45) is 7.09. The first-order chi connectivity index (χ1) is 13.7. The molecule has 2 fully saturated rings. The third-order valence-corrected chi connectivity index (χ3v) is 8.36. The van der Waals surface area contributed by atoms with E-state index >= 15 is 0 Å². The van der Waals surface area contributed by atoms with Gasteiger partial charge in [-0.3, -0.25) is 10.4 Å². The molecule has 0 aromatic heterocycles. The van der Waals surface area contributed by atoms with Gasteiger partial charge in [0.1, 0.15) is 0 Å². The largest absolute Gasteiger partial charge is 0.252 e. The number of hydrogen-bond acceptors (Lipinski definition) is 4. The zero-order valence-electron chi connectivity index (χ0n) is 19.4. The minimum absolute atomic E-state index is 0.00120. The second kappa shape index (κ2) is 7.19. The Morgan fingerprint density at radius 1 is 1.14 bits per heavy atom. The zero-order chi connectivity index (χ0) is 21.0. The van der Waals surface area contributed by atoms with Crippen LogP contribution in [-0.4, -0.2) is 36.2 Å². The first-order valence-electron chi connectivity index (χ1n) is 11.4. The van der Waals surface area contributed by atoms with Gasteiger partial charge in [0.2, 0.25) is 0 Å². The molecule has 0 saturated heterocycles. The number of rotatable bonds is 4. The molecule has 3 N–H and O–H groups in total. The van der Waals surface area contributed by atoms with Crippen LogP contribution in [-0.2, 0) is 5.41 Å². The number of nitrogens with zero attached hydrogens (tertiary/aromatic N) is 1. The van der Waals surface area contributed by atoms with Crippen molar-refractivity contribution < 1.29 is 0 Å². The lowest BCUT2D eigenvalue weighted by Crippen LogP contribution is -2.71. The number of nitrogens with one attached hydrogen (secondary N) is 3. The van der Waals surface area contributed by atoms with Crippen LogP contribution >= 0.6 is 0 Å². The van der Waals surface area contributed by atoms with Gasteiger partial charge in [-0.1, -0.05) is 62.2 Å². The van der Waals surface area contributed by atoms with Crippen LogP contribution in [0.5, 0.6) is 0 Å². The van der Waals surface area contributed by atoms with E-state index in [-0.39, 0.29) is 16.5 Å². The summed E-state index contributed by atoms with van der Waals surface area (Å²) in [5.41, 5.74) is 16.1. The summed E-state index contributed by atoms with van der Waals surface area (Å²) >= 11 is 0. The molecule has 29 heavy (non-hydrogen) atoms. The van der Waals surface area contributed by atoms with E-state index in [0.717, 1.165) is 12.8 Å². The molecule has 6 atom stereocenters. The highest BCUT2D eigenvalue weighted by molar-refractivity contribution is 5.44. The highest BCUT2D eigenvalue weighted by atomic mass is 15.5. The summed E-state index contributed by atoms with van der Waals surface area (Å²) in [6, 6.07) is 9.78. The molecule has 4 rings (SSSR count). The normalized spacial score (nSPS) is 41.8. The Hall–Kier alpha value is -1.20. The molecular formula is C25H40N4. The van der Waals surface area contributed by atoms with Crippen molar-refractivity contribution >= 4 is 0 Å².